The monoisotopic (exact) mass is 375 g/mol. The molecular formula is C18H21N3O6. The lowest BCUT2D eigenvalue weighted by Gasteiger charge is -2.20. The Morgan fingerprint density at radius 1 is 1.30 bits per heavy atom. The molecule has 2 atom stereocenters. The number of amides is 1. The summed E-state index contributed by atoms with van der Waals surface area (Å²) in [6.45, 7) is 0. The number of carboxylic acid groups (broad SMARTS) is 1. The number of aromatic hydroxyl groups is 1. The van der Waals surface area contributed by atoms with Crippen molar-refractivity contribution in [2.45, 2.75) is 50.4 Å². The van der Waals surface area contributed by atoms with Gasteiger partial charge >= 0.3 is 12.2 Å². The summed E-state index contributed by atoms with van der Waals surface area (Å²) in [5, 5.41) is 21.0. The molecule has 27 heavy (non-hydrogen) atoms. The molecule has 0 aromatic heterocycles. The van der Waals surface area contributed by atoms with Crippen molar-refractivity contribution in [2.75, 3.05) is 0 Å². The van der Waals surface area contributed by atoms with Crippen molar-refractivity contribution in [1.82, 2.24) is 5.32 Å². The van der Waals surface area contributed by atoms with Crippen LogP contribution in [-0.2, 0) is 25.5 Å². The average Bonchev–Trinajstić information content (AvgIpc) is 3.43. The lowest BCUT2D eigenvalue weighted by atomic mass is 10.1. The van der Waals surface area contributed by atoms with Crippen molar-refractivity contribution in [3.8, 4) is 5.75 Å². The second kappa shape index (κ2) is 9.61. The first-order valence-electron chi connectivity index (χ1n) is 8.56. The van der Waals surface area contributed by atoms with Crippen molar-refractivity contribution in [1.29, 1.82) is 0 Å². The standard InChI is InChI=1S/C18H21N3O6/c19-20-10-13(23)5-8-15(18(25)26)21-17(24)16(27-14-6-7-14)9-11-1-3-12(22)4-2-11/h1-4,10,14-16,22H,5-9H2,(H,21,24)(H,25,26)/t15-,16-/m0/s1. The molecule has 3 N–H and O–H groups in total. The molecule has 1 aliphatic carbocycles. The second-order valence-electron chi connectivity index (χ2n) is 6.34. The van der Waals surface area contributed by atoms with Crippen LogP contribution in [0.4, 0.5) is 0 Å². The minimum Gasteiger partial charge on any atom is -0.508 e. The van der Waals surface area contributed by atoms with Crippen molar-refractivity contribution in [3.05, 3.63) is 35.4 Å². The van der Waals surface area contributed by atoms with E-state index >= 15 is 0 Å². The zero-order valence-corrected chi connectivity index (χ0v) is 14.6. The number of phenols is 1. The van der Waals surface area contributed by atoms with Gasteiger partial charge in [0.15, 0.2) is 0 Å². The average molecular weight is 375 g/mol. The van der Waals surface area contributed by atoms with E-state index in [0.29, 0.717) is 6.21 Å². The molecule has 0 spiro atoms. The van der Waals surface area contributed by atoms with Crippen LogP contribution < -0.4 is 5.32 Å². The van der Waals surface area contributed by atoms with Gasteiger partial charge in [-0.25, -0.2) is 4.79 Å². The van der Waals surface area contributed by atoms with E-state index in [9.17, 15) is 24.6 Å². The van der Waals surface area contributed by atoms with Crippen molar-refractivity contribution in [2.24, 2.45) is 0 Å². The van der Waals surface area contributed by atoms with Gasteiger partial charge in [0.25, 0.3) is 0 Å². The van der Waals surface area contributed by atoms with E-state index < -0.39 is 29.8 Å². The highest BCUT2D eigenvalue weighted by atomic mass is 16.5. The fourth-order valence-electron chi connectivity index (χ4n) is 2.42. The number of rotatable bonds is 11. The van der Waals surface area contributed by atoms with Crippen molar-refractivity contribution < 1.29 is 34.1 Å². The summed E-state index contributed by atoms with van der Waals surface area (Å²) in [4.78, 5) is 37.9. The minimum absolute atomic E-state index is 0.0245. The van der Waals surface area contributed by atoms with Crippen LogP contribution in [0.2, 0.25) is 0 Å². The van der Waals surface area contributed by atoms with E-state index in [2.05, 4.69) is 10.1 Å². The molecule has 1 aromatic rings. The Hall–Kier alpha value is -3.03. The molecule has 1 aliphatic rings. The Labute approximate surface area is 155 Å². The van der Waals surface area contributed by atoms with Gasteiger partial charge in [-0.2, -0.15) is 4.79 Å². The number of ether oxygens (including phenoxy) is 1. The predicted molar refractivity (Wildman–Crippen MR) is 93.2 cm³/mol. The van der Waals surface area contributed by atoms with E-state index in [4.69, 9.17) is 10.3 Å². The van der Waals surface area contributed by atoms with Gasteiger partial charge in [0, 0.05) is 12.8 Å². The lowest BCUT2D eigenvalue weighted by molar-refractivity contribution is -0.145. The SMILES string of the molecule is [N-]=[N+]=CC(=O)CC[C@H](NC(=O)[C@H](Cc1ccc(O)cc1)OC1CC1)C(=O)O. The largest absolute Gasteiger partial charge is 0.508 e. The third-order valence-electron chi connectivity index (χ3n) is 4.03. The second-order valence-corrected chi connectivity index (χ2v) is 6.34. The summed E-state index contributed by atoms with van der Waals surface area (Å²) in [5.41, 5.74) is 9.07. The highest BCUT2D eigenvalue weighted by molar-refractivity contribution is 6.25. The molecule has 1 amide bonds. The number of ketones is 1. The first kappa shape index (κ1) is 20.3. The van der Waals surface area contributed by atoms with Gasteiger partial charge in [-0.1, -0.05) is 12.1 Å². The number of Topliss-reactive ketones (excluding diaryl/α,β-unsaturated/α-hetero) is 1. The summed E-state index contributed by atoms with van der Waals surface area (Å²) in [6, 6.07) is 5.05. The van der Waals surface area contributed by atoms with Crippen molar-refractivity contribution in [3.63, 3.8) is 0 Å². The smallest absolute Gasteiger partial charge is 0.326 e. The molecular weight excluding hydrogens is 354 g/mol. The van der Waals surface area contributed by atoms with Crippen molar-refractivity contribution >= 4 is 23.9 Å². The van der Waals surface area contributed by atoms with E-state index in [-0.39, 0.29) is 31.1 Å². The Morgan fingerprint density at radius 3 is 2.52 bits per heavy atom. The Bertz CT molecular complexity index is 738. The van der Waals surface area contributed by atoms with E-state index in [1.165, 1.54) is 12.1 Å². The topological polar surface area (TPSA) is 149 Å². The Morgan fingerprint density at radius 2 is 1.96 bits per heavy atom. The molecule has 9 nitrogen and oxygen atoms in total. The zero-order chi connectivity index (χ0) is 19.8. The number of nitrogens with one attached hydrogen (secondary N) is 1. The maximum absolute atomic E-state index is 12.6. The summed E-state index contributed by atoms with van der Waals surface area (Å²) < 4.78 is 5.71. The first-order valence-corrected chi connectivity index (χ1v) is 8.56. The number of phenolic OH excluding ortho intramolecular Hbond substituents is 1. The third-order valence-corrected chi connectivity index (χ3v) is 4.03. The van der Waals surface area contributed by atoms with Crippen LogP contribution in [0.3, 0.4) is 0 Å². The number of carboxylic acids is 1. The van der Waals surface area contributed by atoms with E-state index in [1.807, 2.05) is 0 Å². The molecule has 0 heterocycles. The Kier molecular flexibility index (Phi) is 7.22. The van der Waals surface area contributed by atoms with Crippen LogP contribution in [0.1, 0.15) is 31.2 Å². The molecule has 1 fully saturated rings. The fraction of sp³-hybridized carbons (Fsp3) is 0.444. The number of carbonyl (C=O) groups is 3. The van der Waals surface area contributed by atoms with Gasteiger partial charge in [-0.15, -0.1) is 0 Å². The highest BCUT2D eigenvalue weighted by Crippen LogP contribution is 2.26. The first-order chi connectivity index (χ1) is 12.9. The summed E-state index contributed by atoms with van der Waals surface area (Å²) >= 11 is 0. The van der Waals surface area contributed by atoms with Gasteiger partial charge in [-0.05, 0) is 37.0 Å². The molecule has 1 saturated carbocycles. The molecule has 1 aromatic carbocycles. The summed E-state index contributed by atoms with van der Waals surface area (Å²) in [6.07, 6.45) is 1.37. The lowest BCUT2D eigenvalue weighted by Crippen LogP contribution is -2.47. The Balaban J connectivity index is 2.00. The molecule has 9 heteroatoms. The summed E-state index contributed by atoms with van der Waals surface area (Å²) in [7, 11) is 0. The number of aliphatic carboxylic acids is 1. The number of hydrogen-bond donors (Lipinski definition) is 3. The number of hydrogen-bond acceptors (Lipinski definition) is 5. The number of benzene rings is 1. The molecule has 0 bridgehead atoms. The van der Waals surface area contributed by atoms with Gasteiger partial charge in [0.2, 0.25) is 11.7 Å². The quantitative estimate of drug-likeness (QED) is 0.294. The number of carbonyl (C=O) groups excluding carboxylic acids is 2. The molecule has 0 aliphatic heterocycles. The van der Waals surface area contributed by atoms with Crippen LogP contribution in [-0.4, -0.2) is 57.1 Å². The highest BCUT2D eigenvalue weighted by Gasteiger charge is 2.32. The van der Waals surface area contributed by atoms with Gasteiger partial charge in [0.05, 0.1) is 6.10 Å². The normalized spacial score (nSPS) is 15.3. The maximum Gasteiger partial charge on any atom is 0.326 e. The van der Waals surface area contributed by atoms with Gasteiger partial charge in [0.1, 0.15) is 17.9 Å². The fourth-order valence-corrected chi connectivity index (χ4v) is 2.42. The molecule has 144 valence electrons. The maximum atomic E-state index is 12.6. The zero-order valence-electron chi connectivity index (χ0n) is 14.6. The van der Waals surface area contributed by atoms with E-state index in [1.54, 1.807) is 12.1 Å². The van der Waals surface area contributed by atoms with Gasteiger partial charge in [-0.3, -0.25) is 9.59 Å². The van der Waals surface area contributed by atoms with Crippen LogP contribution in [0.15, 0.2) is 24.3 Å². The summed E-state index contributed by atoms with van der Waals surface area (Å²) in [5.74, 6) is -2.30. The molecule has 2 rings (SSSR count). The number of nitrogens with zero attached hydrogens (tertiary/aromatic N) is 2. The molecule has 0 radical (unpaired) electrons. The van der Waals surface area contributed by atoms with Gasteiger partial charge < -0.3 is 25.8 Å². The third kappa shape index (κ3) is 7.01. The minimum atomic E-state index is -1.27. The van der Waals surface area contributed by atoms with Crippen LogP contribution in [0.5, 0.6) is 5.75 Å². The predicted octanol–water partition coefficient (Wildman–Crippen LogP) is 0.702. The van der Waals surface area contributed by atoms with E-state index in [0.717, 1.165) is 18.4 Å². The molecule has 0 saturated heterocycles. The van der Waals surface area contributed by atoms with Crippen LogP contribution in [0, 0.1) is 0 Å². The molecule has 0 unspecified atom stereocenters. The van der Waals surface area contributed by atoms with Crippen LogP contribution in [0.25, 0.3) is 5.53 Å². The van der Waals surface area contributed by atoms with Crippen LogP contribution >= 0.6 is 0 Å².